The number of rotatable bonds is 8. The van der Waals surface area contributed by atoms with E-state index in [0.717, 1.165) is 30.4 Å². The Labute approximate surface area is 205 Å². The van der Waals surface area contributed by atoms with E-state index in [-0.39, 0.29) is 31.0 Å². The van der Waals surface area contributed by atoms with Gasteiger partial charge in [-0.05, 0) is 54.4 Å². The first-order chi connectivity index (χ1) is 17.0. The zero-order chi connectivity index (χ0) is 24.6. The molecule has 7 heteroatoms. The predicted octanol–water partition coefficient (Wildman–Crippen LogP) is 4.55. The number of ether oxygens (including phenoxy) is 1. The predicted molar refractivity (Wildman–Crippen MR) is 131 cm³/mol. The second-order valence-electron chi connectivity index (χ2n) is 9.97. The number of carbonyl (C=O) groups is 3. The average molecular weight is 477 g/mol. The van der Waals surface area contributed by atoms with Crippen LogP contribution in [-0.2, 0) is 14.3 Å². The molecule has 35 heavy (non-hydrogen) atoms. The molecule has 2 N–H and O–H groups in total. The third kappa shape index (κ3) is 3.97. The SMILES string of the molecule is CCCC(CNC(=O)OCC1c2ccccc2-c2ccccc21)C(=O)N1C2CCC1(C(=O)O)CC2. The highest BCUT2D eigenvalue weighted by atomic mass is 16.5. The van der Waals surface area contributed by atoms with Crippen LogP contribution < -0.4 is 5.32 Å². The normalized spacial score (nSPS) is 23.0. The van der Waals surface area contributed by atoms with Gasteiger partial charge in [0.1, 0.15) is 12.1 Å². The van der Waals surface area contributed by atoms with Crippen molar-refractivity contribution in [2.24, 2.45) is 5.92 Å². The van der Waals surface area contributed by atoms with Crippen LogP contribution in [0.2, 0.25) is 0 Å². The molecule has 0 saturated carbocycles. The molecule has 2 heterocycles. The lowest BCUT2D eigenvalue weighted by Crippen LogP contribution is -2.53. The topological polar surface area (TPSA) is 95.9 Å². The number of nitrogens with one attached hydrogen (secondary N) is 1. The lowest BCUT2D eigenvalue weighted by atomic mass is 9.87. The number of carboxylic acid groups (broad SMARTS) is 1. The maximum atomic E-state index is 13.4. The largest absolute Gasteiger partial charge is 0.479 e. The van der Waals surface area contributed by atoms with E-state index in [9.17, 15) is 19.5 Å². The monoisotopic (exact) mass is 476 g/mol. The van der Waals surface area contributed by atoms with Crippen molar-refractivity contribution in [3.63, 3.8) is 0 Å². The number of carboxylic acids is 1. The number of fused-ring (bicyclic) bond motifs is 5. The highest BCUT2D eigenvalue weighted by Crippen LogP contribution is 2.47. The number of hydrogen-bond acceptors (Lipinski definition) is 4. The Kier molecular flexibility index (Phi) is 6.26. The van der Waals surface area contributed by atoms with Crippen molar-refractivity contribution >= 4 is 18.0 Å². The molecule has 2 fully saturated rings. The summed E-state index contributed by atoms with van der Waals surface area (Å²) in [6, 6.07) is 16.3. The van der Waals surface area contributed by atoms with Crippen molar-refractivity contribution in [1.82, 2.24) is 10.2 Å². The standard InChI is InChI=1S/C28H32N2O5/c1-2-7-18(25(31)30-19-12-14-28(30,15-13-19)26(32)33)16-29-27(34)35-17-24-22-10-5-3-8-20(22)21-9-4-6-11-23(21)24/h3-6,8-11,18-19,24H,2,7,12-17H2,1H3,(H,29,34)(H,32,33). The first-order valence-corrected chi connectivity index (χ1v) is 12.6. The minimum Gasteiger partial charge on any atom is -0.479 e. The molecule has 1 unspecified atom stereocenters. The van der Waals surface area contributed by atoms with E-state index in [1.165, 1.54) is 11.1 Å². The van der Waals surface area contributed by atoms with E-state index in [4.69, 9.17) is 4.74 Å². The first-order valence-electron chi connectivity index (χ1n) is 12.6. The summed E-state index contributed by atoms with van der Waals surface area (Å²) in [5, 5.41) is 12.6. The Bertz CT molecular complexity index is 1090. The molecular weight excluding hydrogens is 444 g/mol. The van der Waals surface area contributed by atoms with Gasteiger partial charge in [-0.1, -0.05) is 61.9 Å². The maximum absolute atomic E-state index is 13.4. The minimum absolute atomic E-state index is 0.00703. The average Bonchev–Trinajstić information content (AvgIpc) is 3.54. The number of alkyl carbamates (subject to hydrolysis) is 1. The molecule has 2 aromatic rings. The number of benzene rings is 2. The molecule has 5 rings (SSSR count). The van der Waals surface area contributed by atoms with Crippen LogP contribution in [-0.4, -0.2) is 52.7 Å². The summed E-state index contributed by atoms with van der Waals surface area (Å²) in [6.45, 7) is 2.34. The zero-order valence-corrected chi connectivity index (χ0v) is 20.0. The summed E-state index contributed by atoms with van der Waals surface area (Å²) in [5.41, 5.74) is 3.54. The molecule has 2 aromatic carbocycles. The second-order valence-corrected chi connectivity index (χ2v) is 9.97. The minimum atomic E-state index is -1.07. The van der Waals surface area contributed by atoms with Crippen LogP contribution in [0.5, 0.6) is 0 Å². The summed E-state index contributed by atoms with van der Waals surface area (Å²) in [4.78, 5) is 39.7. The van der Waals surface area contributed by atoms with E-state index < -0.39 is 23.5 Å². The molecule has 0 spiro atoms. The van der Waals surface area contributed by atoms with Crippen molar-refractivity contribution in [2.75, 3.05) is 13.2 Å². The van der Waals surface area contributed by atoms with E-state index >= 15 is 0 Å². The van der Waals surface area contributed by atoms with Gasteiger partial charge >= 0.3 is 12.1 Å². The highest BCUT2D eigenvalue weighted by Gasteiger charge is 2.59. The van der Waals surface area contributed by atoms with E-state index in [2.05, 4.69) is 29.6 Å². The molecule has 0 radical (unpaired) electrons. The number of nitrogens with zero attached hydrogens (tertiary/aromatic N) is 1. The molecule has 184 valence electrons. The van der Waals surface area contributed by atoms with Crippen LogP contribution in [0.25, 0.3) is 11.1 Å². The fourth-order valence-electron chi connectivity index (χ4n) is 6.35. The van der Waals surface area contributed by atoms with Gasteiger partial charge in [-0.3, -0.25) is 4.79 Å². The van der Waals surface area contributed by atoms with Crippen LogP contribution >= 0.6 is 0 Å². The van der Waals surface area contributed by atoms with Crippen LogP contribution in [0.15, 0.2) is 48.5 Å². The third-order valence-electron chi connectivity index (χ3n) is 8.07. The zero-order valence-electron chi connectivity index (χ0n) is 20.0. The van der Waals surface area contributed by atoms with Crippen molar-refractivity contribution in [3.05, 3.63) is 59.7 Å². The van der Waals surface area contributed by atoms with E-state index in [0.29, 0.717) is 19.3 Å². The highest BCUT2D eigenvalue weighted by molar-refractivity contribution is 5.90. The Balaban J connectivity index is 1.22. The number of amides is 2. The number of aliphatic carboxylic acids is 1. The van der Waals surface area contributed by atoms with Gasteiger partial charge in [-0.25, -0.2) is 9.59 Å². The smallest absolute Gasteiger partial charge is 0.407 e. The summed E-state index contributed by atoms with van der Waals surface area (Å²) >= 11 is 0. The van der Waals surface area contributed by atoms with Gasteiger partial charge in [0.2, 0.25) is 5.91 Å². The Morgan fingerprint density at radius 3 is 2.23 bits per heavy atom. The molecule has 7 nitrogen and oxygen atoms in total. The Morgan fingerprint density at radius 2 is 1.66 bits per heavy atom. The van der Waals surface area contributed by atoms with Gasteiger partial charge in [-0.2, -0.15) is 0 Å². The molecule has 1 atom stereocenters. The number of hydrogen-bond donors (Lipinski definition) is 2. The van der Waals surface area contributed by atoms with Gasteiger partial charge in [0.15, 0.2) is 0 Å². The van der Waals surface area contributed by atoms with Gasteiger partial charge < -0.3 is 20.1 Å². The van der Waals surface area contributed by atoms with Crippen molar-refractivity contribution < 1.29 is 24.2 Å². The fraction of sp³-hybridized carbons (Fsp3) is 0.464. The lowest BCUT2D eigenvalue weighted by Gasteiger charge is -2.33. The molecule has 2 saturated heterocycles. The van der Waals surface area contributed by atoms with Gasteiger partial charge in [0, 0.05) is 18.5 Å². The van der Waals surface area contributed by atoms with E-state index in [1.54, 1.807) is 4.90 Å². The summed E-state index contributed by atoms with van der Waals surface area (Å²) in [5.74, 6) is -1.56. The molecule has 2 aliphatic heterocycles. The molecule has 2 bridgehead atoms. The van der Waals surface area contributed by atoms with E-state index in [1.807, 2.05) is 31.2 Å². The molecule has 1 aliphatic carbocycles. The van der Waals surface area contributed by atoms with Crippen molar-refractivity contribution in [2.45, 2.75) is 62.9 Å². The summed E-state index contributed by atoms with van der Waals surface area (Å²) in [6.07, 6.45) is 3.28. The maximum Gasteiger partial charge on any atom is 0.407 e. The second kappa shape index (κ2) is 9.36. The summed E-state index contributed by atoms with van der Waals surface area (Å²) < 4.78 is 5.62. The van der Waals surface area contributed by atoms with Crippen LogP contribution in [0.1, 0.15) is 62.5 Å². The van der Waals surface area contributed by atoms with Gasteiger partial charge in [0.25, 0.3) is 0 Å². The van der Waals surface area contributed by atoms with Crippen LogP contribution in [0, 0.1) is 5.92 Å². The molecular formula is C28H32N2O5. The Morgan fingerprint density at radius 1 is 1.06 bits per heavy atom. The Hall–Kier alpha value is -3.35. The molecule has 3 aliphatic rings. The van der Waals surface area contributed by atoms with Crippen LogP contribution in [0.3, 0.4) is 0 Å². The molecule has 2 amide bonds. The lowest BCUT2D eigenvalue weighted by molar-refractivity contribution is -0.157. The van der Waals surface area contributed by atoms with Crippen molar-refractivity contribution in [3.8, 4) is 11.1 Å². The third-order valence-corrected chi connectivity index (χ3v) is 8.07. The van der Waals surface area contributed by atoms with Gasteiger partial charge in [0.05, 0.1) is 5.92 Å². The van der Waals surface area contributed by atoms with Crippen molar-refractivity contribution in [1.29, 1.82) is 0 Å². The van der Waals surface area contributed by atoms with Gasteiger partial charge in [-0.15, -0.1) is 0 Å². The summed E-state index contributed by atoms with van der Waals surface area (Å²) in [7, 11) is 0. The van der Waals surface area contributed by atoms with Crippen LogP contribution in [0.4, 0.5) is 4.79 Å². The quantitative estimate of drug-likeness (QED) is 0.583. The molecule has 0 aromatic heterocycles. The first kappa shape index (κ1) is 23.4. The fourth-order valence-corrected chi connectivity index (χ4v) is 6.35. The number of carbonyl (C=O) groups excluding carboxylic acids is 2.